The van der Waals surface area contributed by atoms with Gasteiger partial charge in [0.15, 0.2) is 0 Å². The molecule has 0 radical (unpaired) electrons. The molecule has 0 saturated heterocycles. The predicted molar refractivity (Wildman–Crippen MR) is 139 cm³/mol. The van der Waals surface area contributed by atoms with Crippen LogP contribution < -0.4 is 9.62 Å². The van der Waals surface area contributed by atoms with E-state index in [-0.39, 0.29) is 49.5 Å². The van der Waals surface area contributed by atoms with Gasteiger partial charge in [0.2, 0.25) is 21.8 Å². The van der Waals surface area contributed by atoms with Gasteiger partial charge in [-0.15, -0.1) is 0 Å². The number of hydrogen-bond donors (Lipinski definition) is 1. The lowest BCUT2D eigenvalue weighted by molar-refractivity contribution is -0.141. The second-order valence-electron chi connectivity index (χ2n) is 9.42. The van der Waals surface area contributed by atoms with Crippen molar-refractivity contribution >= 4 is 27.5 Å². The third kappa shape index (κ3) is 7.78. The van der Waals surface area contributed by atoms with Gasteiger partial charge in [-0.1, -0.05) is 61.7 Å². The largest absolute Gasteiger partial charge is 0.352 e. The van der Waals surface area contributed by atoms with E-state index in [2.05, 4.69) is 5.32 Å². The first-order valence-electron chi connectivity index (χ1n) is 12.5. The van der Waals surface area contributed by atoms with Crippen LogP contribution in [0.1, 0.15) is 57.4 Å². The molecule has 1 fully saturated rings. The number of benzene rings is 2. The number of carbonyl (C=O) groups is 2. The molecule has 3 rings (SSSR count). The Morgan fingerprint density at radius 2 is 1.67 bits per heavy atom. The van der Waals surface area contributed by atoms with Crippen molar-refractivity contribution in [3.8, 4) is 0 Å². The lowest BCUT2D eigenvalue weighted by Crippen LogP contribution is -2.50. The van der Waals surface area contributed by atoms with Crippen LogP contribution in [0.3, 0.4) is 0 Å². The number of carbonyl (C=O) groups excluding carboxylic acids is 2. The minimum absolute atomic E-state index is 0.0222. The molecule has 0 unspecified atom stereocenters. The number of nitrogens with one attached hydrogen (secondary N) is 1. The maximum atomic E-state index is 14.3. The Kier molecular flexibility index (Phi) is 9.87. The van der Waals surface area contributed by atoms with E-state index in [0.717, 1.165) is 41.8 Å². The normalized spacial score (nSPS) is 15.2. The number of anilines is 1. The van der Waals surface area contributed by atoms with Crippen molar-refractivity contribution in [2.45, 2.75) is 70.5 Å². The summed E-state index contributed by atoms with van der Waals surface area (Å²) in [6.45, 7) is 1.94. The average molecular weight is 518 g/mol. The zero-order valence-electron chi connectivity index (χ0n) is 21.0. The highest BCUT2D eigenvalue weighted by molar-refractivity contribution is 7.92. The number of hydrogen-bond acceptors (Lipinski definition) is 4. The van der Waals surface area contributed by atoms with Crippen LogP contribution in [0.5, 0.6) is 0 Å². The molecule has 2 amide bonds. The first-order chi connectivity index (χ1) is 17.2. The Labute approximate surface area is 213 Å². The van der Waals surface area contributed by atoms with Gasteiger partial charge in [0.1, 0.15) is 11.9 Å². The zero-order valence-corrected chi connectivity index (χ0v) is 21.8. The highest BCUT2D eigenvalue weighted by atomic mass is 32.2. The van der Waals surface area contributed by atoms with Crippen LogP contribution in [0.4, 0.5) is 10.1 Å². The van der Waals surface area contributed by atoms with Crippen molar-refractivity contribution < 1.29 is 22.4 Å². The van der Waals surface area contributed by atoms with Gasteiger partial charge in [0.25, 0.3) is 0 Å². The van der Waals surface area contributed by atoms with Crippen LogP contribution in [0, 0.1) is 5.82 Å². The monoisotopic (exact) mass is 517 g/mol. The van der Waals surface area contributed by atoms with E-state index in [4.69, 9.17) is 0 Å². The van der Waals surface area contributed by atoms with Crippen molar-refractivity contribution in [1.82, 2.24) is 10.2 Å². The van der Waals surface area contributed by atoms with Gasteiger partial charge in [0.05, 0.1) is 11.9 Å². The summed E-state index contributed by atoms with van der Waals surface area (Å²) >= 11 is 0. The molecular weight excluding hydrogens is 481 g/mol. The van der Waals surface area contributed by atoms with E-state index in [1.807, 2.05) is 30.3 Å². The number of rotatable bonds is 11. The topological polar surface area (TPSA) is 86.8 Å². The molecule has 2 aromatic carbocycles. The van der Waals surface area contributed by atoms with Gasteiger partial charge in [0, 0.05) is 25.6 Å². The van der Waals surface area contributed by atoms with Crippen LogP contribution in [0.2, 0.25) is 0 Å². The Bertz CT molecular complexity index is 1120. The number of amides is 2. The van der Waals surface area contributed by atoms with Crippen molar-refractivity contribution in [2.24, 2.45) is 0 Å². The van der Waals surface area contributed by atoms with E-state index in [9.17, 15) is 22.4 Å². The maximum absolute atomic E-state index is 14.3. The van der Waals surface area contributed by atoms with Crippen LogP contribution in [0.15, 0.2) is 54.6 Å². The van der Waals surface area contributed by atoms with E-state index in [1.165, 1.54) is 24.6 Å². The summed E-state index contributed by atoms with van der Waals surface area (Å²) in [5, 5.41) is 3.10. The van der Waals surface area contributed by atoms with Crippen LogP contribution in [0.25, 0.3) is 0 Å². The third-order valence-corrected chi connectivity index (χ3v) is 7.77. The minimum atomic E-state index is -3.75. The summed E-state index contributed by atoms with van der Waals surface area (Å²) in [7, 11) is -3.75. The fraction of sp³-hybridized carbons (Fsp3) is 0.481. The molecule has 0 heterocycles. The van der Waals surface area contributed by atoms with Gasteiger partial charge in [-0.05, 0) is 43.9 Å². The quantitative estimate of drug-likeness (QED) is 0.483. The molecule has 9 heteroatoms. The van der Waals surface area contributed by atoms with E-state index in [0.29, 0.717) is 0 Å². The third-order valence-electron chi connectivity index (χ3n) is 6.59. The number of sulfonamides is 1. The smallest absolute Gasteiger partial charge is 0.242 e. The number of halogens is 1. The summed E-state index contributed by atoms with van der Waals surface area (Å²) in [6.07, 6.45) is 6.47. The number of para-hydroxylation sites is 1. The molecule has 1 aliphatic carbocycles. The molecule has 1 saturated carbocycles. The predicted octanol–water partition coefficient (Wildman–Crippen LogP) is 4.24. The lowest BCUT2D eigenvalue weighted by Gasteiger charge is -2.31. The SMILES string of the molecule is C[C@H](C(=O)NC1CCCCC1)N(Cc1ccccc1)C(=O)CCCN(c1ccccc1F)S(C)(=O)=O. The molecule has 196 valence electrons. The van der Waals surface area contributed by atoms with Crippen molar-refractivity contribution in [3.05, 3.63) is 66.0 Å². The van der Waals surface area contributed by atoms with Crippen LogP contribution in [-0.4, -0.2) is 50.0 Å². The minimum Gasteiger partial charge on any atom is -0.352 e. The molecule has 0 spiro atoms. The standard InChI is InChI=1S/C27H36FN3O4S/c1-21(27(33)29-23-14-7-4-8-15-23)30(20-22-12-5-3-6-13-22)26(32)18-11-19-31(36(2,34)35)25-17-10-9-16-24(25)28/h3,5-6,9-10,12-13,16-17,21,23H,4,7-8,11,14-15,18-20H2,1-2H3,(H,29,33)/t21-/m1/s1. The molecular formula is C27H36FN3O4S. The molecule has 2 aromatic rings. The molecule has 1 N–H and O–H groups in total. The first kappa shape index (κ1) is 27.6. The molecule has 1 aliphatic rings. The molecule has 0 bridgehead atoms. The van der Waals surface area contributed by atoms with Gasteiger partial charge in [-0.25, -0.2) is 12.8 Å². The summed E-state index contributed by atoms with van der Waals surface area (Å²) < 4.78 is 39.9. The van der Waals surface area contributed by atoms with Crippen LogP contribution in [-0.2, 0) is 26.2 Å². The summed E-state index contributed by atoms with van der Waals surface area (Å²) in [5.41, 5.74) is 0.848. The first-order valence-corrected chi connectivity index (χ1v) is 14.4. The highest BCUT2D eigenvalue weighted by Gasteiger charge is 2.28. The molecule has 1 atom stereocenters. The van der Waals surface area contributed by atoms with Gasteiger partial charge in [-0.3, -0.25) is 13.9 Å². The zero-order chi connectivity index (χ0) is 26.1. The van der Waals surface area contributed by atoms with Gasteiger partial charge >= 0.3 is 0 Å². The van der Waals surface area contributed by atoms with Gasteiger partial charge < -0.3 is 10.2 Å². The maximum Gasteiger partial charge on any atom is 0.242 e. The fourth-order valence-corrected chi connectivity index (χ4v) is 5.53. The second kappa shape index (κ2) is 12.9. The van der Waals surface area contributed by atoms with Gasteiger partial charge in [-0.2, -0.15) is 0 Å². The summed E-state index contributed by atoms with van der Waals surface area (Å²) in [6, 6.07) is 14.5. The Morgan fingerprint density at radius 3 is 2.31 bits per heavy atom. The summed E-state index contributed by atoms with van der Waals surface area (Å²) in [5.74, 6) is -1.09. The molecule has 0 aromatic heterocycles. The lowest BCUT2D eigenvalue weighted by atomic mass is 9.95. The van der Waals surface area contributed by atoms with E-state index < -0.39 is 21.9 Å². The Balaban J connectivity index is 1.70. The van der Waals surface area contributed by atoms with Crippen molar-refractivity contribution in [3.63, 3.8) is 0 Å². The Morgan fingerprint density at radius 1 is 1.03 bits per heavy atom. The second-order valence-corrected chi connectivity index (χ2v) is 11.3. The van der Waals surface area contributed by atoms with E-state index >= 15 is 0 Å². The highest BCUT2D eigenvalue weighted by Crippen LogP contribution is 2.23. The molecule has 0 aliphatic heterocycles. The average Bonchev–Trinajstić information content (AvgIpc) is 2.86. The molecule has 7 nitrogen and oxygen atoms in total. The van der Waals surface area contributed by atoms with E-state index in [1.54, 1.807) is 17.9 Å². The van der Waals surface area contributed by atoms with Crippen molar-refractivity contribution in [1.29, 1.82) is 0 Å². The molecule has 36 heavy (non-hydrogen) atoms. The Hall–Kier alpha value is -2.94. The van der Waals surface area contributed by atoms with Crippen molar-refractivity contribution in [2.75, 3.05) is 17.1 Å². The van der Waals surface area contributed by atoms with Crippen LogP contribution >= 0.6 is 0 Å². The number of nitrogens with zero attached hydrogens (tertiary/aromatic N) is 2. The fourth-order valence-electron chi connectivity index (χ4n) is 4.57. The summed E-state index contributed by atoms with van der Waals surface area (Å²) in [4.78, 5) is 27.9.